The van der Waals surface area contributed by atoms with Gasteiger partial charge in [-0.3, -0.25) is 0 Å². The van der Waals surface area contributed by atoms with Crippen molar-refractivity contribution in [2.45, 2.75) is 24.3 Å². The van der Waals surface area contributed by atoms with Gasteiger partial charge >= 0.3 is 5.97 Å². The van der Waals surface area contributed by atoms with Crippen LogP contribution in [0.5, 0.6) is 0 Å². The summed E-state index contributed by atoms with van der Waals surface area (Å²) >= 11 is 0. The lowest BCUT2D eigenvalue weighted by Gasteiger charge is -2.18. The highest BCUT2D eigenvalue weighted by molar-refractivity contribution is 7.89. The lowest BCUT2D eigenvalue weighted by molar-refractivity contribution is 0.0697. The van der Waals surface area contributed by atoms with E-state index in [0.717, 1.165) is 5.56 Å². The molecule has 0 fully saturated rings. The number of sulfonamides is 1. The summed E-state index contributed by atoms with van der Waals surface area (Å²) in [7, 11) is -2.25. The fourth-order valence-electron chi connectivity index (χ4n) is 2.56. The predicted molar refractivity (Wildman–Crippen MR) is 104 cm³/mol. The Hall–Kier alpha value is -2.42. The number of methoxy groups -OCH3 is 1. The van der Waals surface area contributed by atoms with Crippen LogP contribution < -0.4 is 10.0 Å². The van der Waals surface area contributed by atoms with Crippen molar-refractivity contribution in [3.8, 4) is 0 Å². The van der Waals surface area contributed by atoms with E-state index in [1.54, 1.807) is 0 Å². The number of nitrogens with one attached hydrogen (secondary N) is 2. The fraction of sp³-hybridized carbons (Fsp3) is 0.316. The Bertz CT molecular complexity index is 869. The van der Waals surface area contributed by atoms with Gasteiger partial charge in [0.15, 0.2) is 0 Å². The average Bonchev–Trinajstić information content (AvgIpc) is 2.66. The molecule has 0 bridgehead atoms. The number of ether oxygens (including phenoxy) is 1. The molecule has 0 saturated heterocycles. The molecular formula is C19H24N2O5S. The number of carboxylic acid groups (broad SMARTS) is 1. The van der Waals surface area contributed by atoms with E-state index in [1.807, 2.05) is 37.3 Å². The van der Waals surface area contributed by atoms with Crippen LogP contribution in [0.25, 0.3) is 0 Å². The summed E-state index contributed by atoms with van der Waals surface area (Å²) in [5.41, 5.74) is 1.25. The molecule has 0 radical (unpaired) electrons. The lowest BCUT2D eigenvalue weighted by atomic mass is 10.1. The van der Waals surface area contributed by atoms with Gasteiger partial charge in [-0.15, -0.1) is 0 Å². The Morgan fingerprint density at radius 2 is 1.89 bits per heavy atom. The molecule has 27 heavy (non-hydrogen) atoms. The maximum atomic E-state index is 12.4. The predicted octanol–water partition coefficient (Wildman–Crippen LogP) is 2.87. The van der Waals surface area contributed by atoms with Crippen LogP contribution in [0.15, 0.2) is 53.4 Å². The summed E-state index contributed by atoms with van der Waals surface area (Å²) < 4.78 is 32.0. The Morgan fingerprint density at radius 3 is 2.52 bits per heavy atom. The minimum absolute atomic E-state index is 0.0877. The van der Waals surface area contributed by atoms with Crippen molar-refractivity contribution in [2.75, 3.05) is 25.6 Å². The second kappa shape index (κ2) is 9.50. The summed E-state index contributed by atoms with van der Waals surface area (Å²) in [4.78, 5) is 11.6. The molecule has 0 aliphatic heterocycles. The van der Waals surface area contributed by atoms with Crippen molar-refractivity contribution < 1.29 is 23.1 Å². The summed E-state index contributed by atoms with van der Waals surface area (Å²) in [6.45, 7) is 2.55. The molecule has 0 aliphatic rings. The number of anilines is 1. The van der Waals surface area contributed by atoms with E-state index in [-0.39, 0.29) is 23.0 Å². The monoisotopic (exact) mass is 392 g/mol. The molecule has 0 aromatic heterocycles. The molecule has 7 nitrogen and oxygen atoms in total. The van der Waals surface area contributed by atoms with Gasteiger partial charge < -0.3 is 15.2 Å². The van der Waals surface area contributed by atoms with Gasteiger partial charge in [0.1, 0.15) is 0 Å². The highest BCUT2D eigenvalue weighted by Gasteiger charge is 2.19. The van der Waals surface area contributed by atoms with Crippen molar-refractivity contribution >= 4 is 21.7 Å². The van der Waals surface area contributed by atoms with E-state index < -0.39 is 16.0 Å². The second-order valence-electron chi connectivity index (χ2n) is 6.03. The van der Waals surface area contributed by atoms with Crippen molar-refractivity contribution in [2.24, 2.45) is 0 Å². The van der Waals surface area contributed by atoms with E-state index in [2.05, 4.69) is 10.0 Å². The van der Waals surface area contributed by atoms with Crippen LogP contribution in [-0.2, 0) is 14.8 Å². The first-order valence-electron chi connectivity index (χ1n) is 8.52. The molecule has 0 heterocycles. The second-order valence-corrected chi connectivity index (χ2v) is 7.80. The molecule has 0 saturated carbocycles. The maximum absolute atomic E-state index is 12.4. The van der Waals surface area contributed by atoms with Crippen LogP contribution in [0, 0.1) is 0 Å². The van der Waals surface area contributed by atoms with E-state index in [4.69, 9.17) is 4.74 Å². The highest BCUT2D eigenvalue weighted by atomic mass is 32.2. The zero-order valence-corrected chi connectivity index (χ0v) is 16.1. The molecule has 0 amide bonds. The number of carbonyl (C=O) groups is 1. The molecule has 0 spiro atoms. The van der Waals surface area contributed by atoms with Crippen LogP contribution >= 0.6 is 0 Å². The molecule has 3 N–H and O–H groups in total. The van der Waals surface area contributed by atoms with Crippen molar-refractivity contribution in [3.05, 3.63) is 59.7 Å². The first-order chi connectivity index (χ1) is 12.8. The molecule has 0 unspecified atom stereocenters. The molecule has 0 aliphatic carbocycles. The summed E-state index contributed by atoms with van der Waals surface area (Å²) in [6, 6.07) is 13.5. The minimum Gasteiger partial charge on any atom is -0.478 e. The average molecular weight is 392 g/mol. The van der Waals surface area contributed by atoms with Gasteiger partial charge in [0.2, 0.25) is 10.0 Å². The highest BCUT2D eigenvalue weighted by Crippen LogP contribution is 2.25. The van der Waals surface area contributed by atoms with Crippen molar-refractivity contribution in [3.63, 3.8) is 0 Å². The van der Waals surface area contributed by atoms with Gasteiger partial charge in [0.05, 0.1) is 10.5 Å². The summed E-state index contributed by atoms with van der Waals surface area (Å²) in [5.74, 6) is -1.20. The number of carboxylic acids is 1. The third kappa shape index (κ3) is 5.78. The Morgan fingerprint density at radius 1 is 1.19 bits per heavy atom. The van der Waals surface area contributed by atoms with Crippen LogP contribution in [0.4, 0.5) is 5.69 Å². The minimum atomic E-state index is -3.79. The van der Waals surface area contributed by atoms with Crippen LogP contribution in [-0.4, -0.2) is 39.8 Å². The van der Waals surface area contributed by atoms with Gasteiger partial charge in [-0.05, 0) is 37.1 Å². The Labute approximate surface area is 159 Å². The topological polar surface area (TPSA) is 105 Å². The van der Waals surface area contributed by atoms with E-state index >= 15 is 0 Å². The molecule has 1 atom stereocenters. The number of benzene rings is 2. The largest absolute Gasteiger partial charge is 0.478 e. The lowest BCUT2D eigenvalue weighted by Crippen LogP contribution is -2.26. The SMILES string of the molecule is COCCCNS(=O)(=O)c1ccc(N[C@@H](C)c2ccccc2)c(C(=O)O)c1. The number of hydrogen-bond acceptors (Lipinski definition) is 5. The normalized spacial score (nSPS) is 12.5. The van der Waals surface area contributed by atoms with Gasteiger partial charge in [0, 0.05) is 32.0 Å². The third-order valence-corrected chi connectivity index (χ3v) is 5.48. The van der Waals surface area contributed by atoms with Crippen LogP contribution in [0.3, 0.4) is 0 Å². The quantitative estimate of drug-likeness (QED) is 0.537. The van der Waals surface area contributed by atoms with Crippen molar-refractivity contribution in [1.29, 1.82) is 0 Å². The van der Waals surface area contributed by atoms with E-state index in [0.29, 0.717) is 18.7 Å². The number of rotatable bonds is 10. The van der Waals surface area contributed by atoms with Gasteiger partial charge in [0.25, 0.3) is 0 Å². The zero-order valence-electron chi connectivity index (χ0n) is 15.3. The number of aromatic carboxylic acids is 1. The molecule has 146 valence electrons. The molecular weight excluding hydrogens is 368 g/mol. The molecule has 8 heteroatoms. The number of hydrogen-bond donors (Lipinski definition) is 3. The van der Waals surface area contributed by atoms with Gasteiger partial charge in [-0.1, -0.05) is 30.3 Å². The van der Waals surface area contributed by atoms with E-state index in [9.17, 15) is 18.3 Å². The van der Waals surface area contributed by atoms with E-state index in [1.165, 1.54) is 25.3 Å². The van der Waals surface area contributed by atoms with Gasteiger partial charge in [-0.25, -0.2) is 17.9 Å². The first kappa shape index (κ1) is 20.9. The maximum Gasteiger partial charge on any atom is 0.337 e. The Balaban J connectivity index is 2.22. The third-order valence-electron chi connectivity index (χ3n) is 4.02. The van der Waals surface area contributed by atoms with Crippen LogP contribution in [0.1, 0.15) is 35.3 Å². The standard InChI is InChI=1S/C19H24N2O5S/c1-14(15-7-4-3-5-8-15)21-18-10-9-16(13-17(18)19(22)23)27(24,25)20-11-6-12-26-2/h3-5,7-10,13-14,20-21H,6,11-12H2,1-2H3,(H,22,23)/t14-/m0/s1. The summed E-state index contributed by atoms with van der Waals surface area (Å²) in [6.07, 6.45) is 0.524. The molecule has 2 rings (SSSR count). The zero-order chi connectivity index (χ0) is 19.9. The first-order valence-corrected chi connectivity index (χ1v) is 10.0. The fourth-order valence-corrected chi connectivity index (χ4v) is 3.66. The van der Waals surface area contributed by atoms with Crippen LogP contribution in [0.2, 0.25) is 0 Å². The summed E-state index contributed by atoms with van der Waals surface area (Å²) in [5, 5.41) is 12.6. The van der Waals surface area contributed by atoms with Gasteiger partial charge in [-0.2, -0.15) is 0 Å². The Kier molecular flexibility index (Phi) is 7.35. The smallest absolute Gasteiger partial charge is 0.337 e. The molecule has 2 aromatic carbocycles. The molecule has 2 aromatic rings. The van der Waals surface area contributed by atoms with Crippen molar-refractivity contribution in [1.82, 2.24) is 4.72 Å².